The molecule has 1 aromatic carbocycles. The largest absolute Gasteiger partial charge is 0.497 e. The van der Waals surface area contributed by atoms with Crippen LogP contribution in [0.25, 0.3) is 11.0 Å². The summed E-state index contributed by atoms with van der Waals surface area (Å²) in [6, 6.07) is 6.52. The van der Waals surface area contributed by atoms with Crippen LogP contribution in [0.3, 0.4) is 0 Å². The lowest BCUT2D eigenvalue weighted by Gasteiger charge is -2.07. The molecule has 3 rings (SSSR count). The summed E-state index contributed by atoms with van der Waals surface area (Å²) in [6.07, 6.45) is 1.83. The minimum atomic E-state index is -0.500. The predicted molar refractivity (Wildman–Crippen MR) is 97.6 cm³/mol. The van der Waals surface area contributed by atoms with E-state index in [9.17, 15) is 9.59 Å². The quantitative estimate of drug-likeness (QED) is 0.705. The minimum absolute atomic E-state index is 0.0605. The number of ether oxygens (including phenoxy) is 1. The first kappa shape index (κ1) is 17.2. The van der Waals surface area contributed by atoms with Crippen LogP contribution in [0.15, 0.2) is 39.7 Å². The molecule has 0 aliphatic rings. The van der Waals surface area contributed by atoms with Gasteiger partial charge in [-0.25, -0.2) is 9.78 Å². The van der Waals surface area contributed by atoms with E-state index in [-0.39, 0.29) is 12.3 Å². The Morgan fingerprint density at radius 1 is 1.36 bits per heavy atom. The van der Waals surface area contributed by atoms with Crippen molar-refractivity contribution in [2.24, 2.45) is 0 Å². The van der Waals surface area contributed by atoms with Crippen molar-refractivity contribution in [3.8, 4) is 5.75 Å². The van der Waals surface area contributed by atoms with Crippen molar-refractivity contribution in [2.45, 2.75) is 26.2 Å². The van der Waals surface area contributed by atoms with E-state index in [0.717, 1.165) is 4.88 Å². The summed E-state index contributed by atoms with van der Waals surface area (Å²) >= 11 is 1.45. The maximum absolute atomic E-state index is 12.3. The number of thiazole rings is 1. The number of aromatic nitrogens is 1. The van der Waals surface area contributed by atoms with Gasteiger partial charge >= 0.3 is 5.63 Å². The van der Waals surface area contributed by atoms with Gasteiger partial charge in [-0.15, -0.1) is 11.3 Å². The van der Waals surface area contributed by atoms with Crippen molar-refractivity contribution >= 4 is 33.3 Å². The van der Waals surface area contributed by atoms with E-state index in [0.29, 0.717) is 33.3 Å². The normalized spacial score (nSPS) is 11.0. The molecule has 130 valence electrons. The van der Waals surface area contributed by atoms with E-state index in [4.69, 9.17) is 9.15 Å². The smallest absolute Gasteiger partial charge is 0.336 e. The van der Waals surface area contributed by atoms with Crippen molar-refractivity contribution in [1.82, 2.24) is 4.98 Å². The minimum Gasteiger partial charge on any atom is -0.497 e. The number of methoxy groups -OCH3 is 1. The van der Waals surface area contributed by atoms with Crippen LogP contribution < -0.4 is 15.7 Å². The number of carbonyl (C=O) groups is 1. The van der Waals surface area contributed by atoms with Gasteiger partial charge in [-0.05, 0) is 23.6 Å². The van der Waals surface area contributed by atoms with E-state index in [2.05, 4.69) is 24.1 Å². The molecule has 1 amide bonds. The average molecular weight is 358 g/mol. The number of fused-ring (bicyclic) bond motifs is 1. The summed E-state index contributed by atoms with van der Waals surface area (Å²) in [5.74, 6) is 0.717. The van der Waals surface area contributed by atoms with Crippen LogP contribution in [0.4, 0.5) is 5.13 Å². The summed E-state index contributed by atoms with van der Waals surface area (Å²) < 4.78 is 10.3. The van der Waals surface area contributed by atoms with Gasteiger partial charge in [0.1, 0.15) is 11.3 Å². The topological polar surface area (TPSA) is 81.4 Å². The molecule has 25 heavy (non-hydrogen) atoms. The standard InChI is InChI=1S/C18H18N2O4S/c1-10(2)15-9-19-18(25-15)20-16(21)6-11-7-17(22)24-14-8-12(23-3)4-5-13(11)14/h4-5,7-10H,6H2,1-3H3,(H,19,20,21). The molecule has 2 heterocycles. The van der Waals surface area contributed by atoms with Gasteiger partial charge in [-0.3, -0.25) is 4.79 Å². The van der Waals surface area contributed by atoms with Gasteiger partial charge < -0.3 is 14.5 Å². The third kappa shape index (κ3) is 3.88. The highest BCUT2D eigenvalue weighted by Crippen LogP contribution is 2.26. The van der Waals surface area contributed by atoms with Gasteiger partial charge in [-0.2, -0.15) is 0 Å². The summed E-state index contributed by atoms with van der Waals surface area (Å²) in [4.78, 5) is 29.4. The molecule has 3 aromatic rings. The molecule has 0 atom stereocenters. The second-order valence-electron chi connectivity index (χ2n) is 5.90. The molecule has 0 radical (unpaired) electrons. The molecule has 0 aliphatic heterocycles. The second-order valence-corrected chi connectivity index (χ2v) is 6.96. The summed E-state index contributed by atoms with van der Waals surface area (Å²) in [7, 11) is 1.54. The monoisotopic (exact) mass is 358 g/mol. The Morgan fingerprint density at radius 3 is 2.84 bits per heavy atom. The van der Waals surface area contributed by atoms with Crippen LogP contribution in [-0.4, -0.2) is 18.0 Å². The third-order valence-electron chi connectivity index (χ3n) is 3.73. The fraction of sp³-hybridized carbons (Fsp3) is 0.278. The zero-order chi connectivity index (χ0) is 18.0. The third-order valence-corrected chi connectivity index (χ3v) is 4.94. The van der Waals surface area contributed by atoms with Crippen LogP contribution in [-0.2, 0) is 11.2 Å². The molecule has 0 spiro atoms. The van der Waals surface area contributed by atoms with E-state index in [1.807, 2.05) is 0 Å². The maximum Gasteiger partial charge on any atom is 0.336 e. The molecule has 7 heteroatoms. The van der Waals surface area contributed by atoms with Crippen LogP contribution >= 0.6 is 11.3 Å². The Kier molecular flexibility index (Phi) is 4.85. The molecule has 2 aromatic heterocycles. The number of carbonyl (C=O) groups excluding carboxylic acids is 1. The number of rotatable bonds is 5. The Hall–Kier alpha value is -2.67. The molecule has 0 bridgehead atoms. The van der Waals surface area contributed by atoms with E-state index < -0.39 is 5.63 Å². The molecule has 0 fully saturated rings. The lowest BCUT2D eigenvalue weighted by Crippen LogP contribution is -2.15. The van der Waals surface area contributed by atoms with Gasteiger partial charge in [0.05, 0.1) is 13.5 Å². The van der Waals surface area contributed by atoms with Gasteiger partial charge in [0.15, 0.2) is 5.13 Å². The van der Waals surface area contributed by atoms with E-state index in [1.54, 1.807) is 24.4 Å². The molecule has 0 unspecified atom stereocenters. The molecule has 0 saturated heterocycles. The fourth-order valence-electron chi connectivity index (χ4n) is 2.43. The first-order valence-corrected chi connectivity index (χ1v) is 8.64. The van der Waals surface area contributed by atoms with Crippen molar-refractivity contribution in [2.75, 3.05) is 12.4 Å². The van der Waals surface area contributed by atoms with E-state index >= 15 is 0 Å². The van der Waals surface area contributed by atoms with Crippen LogP contribution in [0.5, 0.6) is 5.75 Å². The number of amides is 1. The van der Waals surface area contributed by atoms with Crippen molar-refractivity contribution < 1.29 is 13.9 Å². The Morgan fingerprint density at radius 2 is 2.16 bits per heavy atom. The lowest BCUT2D eigenvalue weighted by molar-refractivity contribution is -0.115. The number of anilines is 1. The van der Waals surface area contributed by atoms with Gasteiger partial charge in [0.25, 0.3) is 0 Å². The second kappa shape index (κ2) is 7.06. The number of nitrogens with one attached hydrogen (secondary N) is 1. The molecule has 6 nitrogen and oxygen atoms in total. The van der Waals surface area contributed by atoms with Gasteiger partial charge in [0.2, 0.25) is 5.91 Å². The summed E-state index contributed by atoms with van der Waals surface area (Å²) in [5.41, 5.74) is 0.498. The molecular formula is C18H18N2O4S. The highest BCUT2D eigenvalue weighted by atomic mass is 32.1. The molecular weight excluding hydrogens is 340 g/mol. The zero-order valence-corrected chi connectivity index (χ0v) is 15.0. The van der Waals surface area contributed by atoms with Gasteiger partial charge in [0, 0.05) is 28.6 Å². The Balaban J connectivity index is 1.84. The fourth-order valence-corrected chi connectivity index (χ4v) is 3.27. The predicted octanol–water partition coefficient (Wildman–Crippen LogP) is 3.56. The molecule has 0 aliphatic carbocycles. The van der Waals surface area contributed by atoms with Crippen LogP contribution in [0, 0.1) is 0 Å². The first-order valence-electron chi connectivity index (χ1n) is 7.82. The SMILES string of the molecule is COc1ccc2c(CC(=O)Nc3ncc(C(C)C)s3)cc(=O)oc2c1. The van der Waals surface area contributed by atoms with Crippen molar-refractivity contribution in [3.63, 3.8) is 0 Å². The summed E-state index contributed by atoms with van der Waals surface area (Å²) in [6.45, 7) is 4.14. The zero-order valence-electron chi connectivity index (χ0n) is 14.2. The van der Waals surface area contributed by atoms with E-state index in [1.165, 1.54) is 24.5 Å². The van der Waals surface area contributed by atoms with Crippen LogP contribution in [0.1, 0.15) is 30.2 Å². The summed E-state index contributed by atoms with van der Waals surface area (Å²) in [5, 5.41) is 4.05. The van der Waals surface area contributed by atoms with Gasteiger partial charge in [-0.1, -0.05) is 13.8 Å². The van der Waals surface area contributed by atoms with Crippen LogP contribution in [0.2, 0.25) is 0 Å². The molecule has 1 N–H and O–H groups in total. The highest BCUT2D eigenvalue weighted by molar-refractivity contribution is 7.15. The number of benzene rings is 1. The lowest BCUT2D eigenvalue weighted by atomic mass is 10.1. The van der Waals surface area contributed by atoms with Crippen molar-refractivity contribution in [3.05, 3.63) is 51.3 Å². The number of hydrogen-bond donors (Lipinski definition) is 1. The average Bonchev–Trinajstić information content (AvgIpc) is 3.02. The highest BCUT2D eigenvalue weighted by Gasteiger charge is 2.13. The molecule has 0 saturated carbocycles. The van der Waals surface area contributed by atoms with Crippen molar-refractivity contribution in [1.29, 1.82) is 0 Å². The number of hydrogen-bond acceptors (Lipinski definition) is 6. The Bertz CT molecular complexity index is 975. The number of nitrogens with zero attached hydrogens (tertiary/aromatic N) is 1. The first-order chi connectivity index (χ1) is 12.0. The Labute approximate surface area is 148 Å². The maximum atomic E-state index is 12.3.